The van der Waals surface area contributed by atoms with Gasteiger partial charge in [0.15, 0.2) is 23.0 Å². The summed E-state index contributed by atoms with van der Waals surface area (Å²) in [7, 11) is 2.73. The number of amides is 2. The van der Waals surface area contributed by atoms with Crippen LogP contribution < -0.4 is 18.9 Å². The van der Waals surface area contributed by atoms with Crippen molar-refractivity contribution in [1.29, 1.82) is 0 Å². The highest BCUT2D eigenvalue weighted by atomic mass is 16.6. The number of likely N-dealkylation sites (tertiary alicyclic amines) is 2. The third-order valence-electron chi connectivity index (χ3n) is 8.42. The van der Waals surface area contributed by atoms with Crippen LogP contribution in [0.1, 0.15) is 65.7 Å². The van der Waals surface area contributed by atoms with Crippen molar-refractivity contribution in [1.82, 2.24) is 9.80 Å². The largest absolute Gasteiger partial charge is 0.493 e. The zero-order valence-corrected chi connectivity index (χ0v) is 26.4. The first-order valence-corrected chi connectivity index (χ1v) is 15.5. The molecule has 2 fully saturated rings. The molecule has 2 amide bonds. The molecule has 0 radical (unpaired) electrons. The first kappa shape index (κ1) is 35.2. The molecule has 1 unspecified atom stereocenters. The first-order chi connectivity index (χ1) is 22.6. The van der Waals surface area contributed by atoms with Crippen LogP contribution in [0, 0.1) is 20.2 Å². The topological polar surface area (TPSA) is 204 Å². The number of hydrogen-bond acceptors (Lipinski definition) is 12. The average molecular weight is 661 g/mol. The standard InChI is InChI=1S/C31H40N4O12/c1-44-26-14-22(30(38)32-10-6-8-20(32)18-36)24(34(40)41)16-28(26)46-12-4-3-5-13-47-29-17-25(35(42)43)23(15-27(29)45-2)31(39)33-11-7-9-21(33)19-37/h14-17,20-21,36-37H,3-13,18-19H2,1-2H3/t20-,21?/m0/s1. The van der Waals surface area contributed by atoms with Gasteiger partial charge in [0.1, 0.15) is 11.1 Å². The zero-order chi connectivity index (χ0) is 34.1. The Hall–Kier alpha value is -4.70. The molecule has 0 spiro atoms. The van der Waals surface area contributed by atoms with Crippen LogP contribution >= 0.6 is 0 Å². The maximum atomic E-state index is 13.1. The lowest BCUT2D eigenvalue weighted by molar-refractivity contribution is -0.385. The van der Waals surface area contributed by atoms with Gasteiger partial charge >= 0.3 is 0 Å². The molecule has 2 heterocycles. The Morgan fingerprint density at radius 1 is 0.723 bits per heavy atom. The maximum Gasteiger partial charge on any atom is 0.286 e. The molecule has 0 bridgehead atoms. The second-order valence-electron chi connectivity index (χ2n) is 11.3. The zero-order valence-electron chi connectivity index (χ0n) is 26.4. The van der Waals surface area contributed by atoms with Crippen LogP contribution in [0.15, 0.2) is 24.3 Å². The van der Waals surface area contributed by atoms with Gasteiger partial charge in [0.25, 0.3) is 23.2 Å². The van der Waals surface area contributed by atoms with Gasteiger partial charge in [-0.3, -0.25) is 29.8 Å². The summed E-state index contributed by atoms with van der Waals surface area (Å²) < 4.78 is 22.3. The number of aliphatic hydroxyl groups excluding tert-OH is 2. The van der Waals surface area contributed by atoms with Crippen molar-refractivity contribution < 1.29 is 48.6 Å². The number of hydrogen-bond donors (Lipinski definition) is 2. The summed E-state index contributed by atoms with van der Waals surface area (Å²) in [6, 6.07) is 4.12. The highest BCUT2D eigenvalue weighted by molar-refractivity contribution is 6.00. The molecule has 0 saturated carbocycles. The molecule has 256 valence electrons. The molecule has 0 aliphatic carbocycles. The Morgan fingerprint density at radius 2 is 1.13 bits per heavy atom. The molecule has 2 aliphatic heterocycles. The molecule has 2 saturated heterocycles. The smallest absolute Gasteiger partial charge is 0.286 e. The fourth-order valence-electron chi connectivity index (χ4n) is 5.93. The van der Waals surface area contributed by atoms with Crippen molar-refractivity contribution in [2.45, 2.75) is 57.0 Å². The summed E-state index contributed by atoms with van der Waals surface area (Å²) in [4.78, 5) is 51.5. The van der Waals surface area contributed by atoms with Gasteiger partial charge in [-0.25, -0.2) is 0 Å². The number of carbonyl (C=O) groups excluding carboxylic acids is 2. The van der Waals surface area contributed by atoms with Crippen molar-refractivity contribution in [3.63, 3.8) is 0 Å². The molecule has 2 aromatic rings. The van der Waals surface area contributed by atoms with Gasteiger partial charge in [-0.2, -0.15) is 0 Å². The number of nitrogens with zero attached hydrogens (tertiary/aromatic N) is 4. The van der Waals surface area contributed by atoms with E-state index in [2.05, 4.69) is 0 Å². The highest BCUT2D eigenvalue weighted by Gasteiger charge is 2.35. The average Bonchev–Trinajstić information content (AvgIpc) is 3.76. The van der Waals surface area contributed by atoms with Crippen molar-refractivity contribution in [3.05, 3.63) is 55.6 Å². The van der Waals surface area contributed by atoms with Gasteiger partial charge in [0, 0.05) is 25.2 Å². The summed E-state index contributed by atoms with van der Waals surface area (Å²) in [6.07, 6.45) is 4.29. The molecule has 2 aromatic carbocycles. The molecular weight excluding hydrogens is 620 g/mol. The SMILES string of the molecule is COc1cc(C(=O)N2CCCC2CO)c([N+](=O)[O-])cc1OCCCCCOc1cc([N+](=O)[O-])c(C(=O)N2CCC[C@H]2CO)cc1OC. The number of ether oxygens (including phenoxy) is 4. The molecule has 2 aliphatic rings. The van der Waals surface area contributed by atoms with Crippen LogP contribution in [0.25, 0.3) is 0 Å². The summed E-state index contributed by atoms with van der Waals surface area (Å²) in [6.45, 7) is 0.687. The Kier molecular flexibility index (Phi) is 12.1. The third-order valence-corrected chi connectivity index (χ3v) is 8.42. The van der Waals surface area contributed by atoms with E-state index in [-0.39, 0.29) is 60.6 Å². The van der Waals surface area contributed by atoms with Crippen LogP contribution in [0.3, 0.4) is 0 Å². The summed E-state index contributed by atoms with van der Waals surface area (Å²) in [5.74, 6) is -0.564. The number of nitro groups is 2. The van der Waals surface area contributed by atoms with E-state index in [9.17, 15) is 40.0 Å². The van der Waals surface area contributed by atoms with E-state index >= 15 is 0 Å². The molecule has 2 N–H and O–H groups in total. The second-order valence-corrected chi connectivity index (χ2v) is 11.3. The molecule has 16 nitrogen and oxygen atoms in total. The number of aliphatic hydroxyl groups is 2. The van der Waals surface area contributed by atoms with Crippen molar-refractivity contribution in [2.24, 2.45) is 0 Å². The normalized spacial score (nSPS) is 17.4. The fraction of sp³-hybridized carbons (Fsp3) is 0.548. The van der Waals surface area contributed by atoms with Gasteiger partial charge in [-0.05, 0) is 44.9 Å². The Morgan fingerprint density at radius 3 is 1.47 bits per heavy atom. The predicted molar refractivity (Wildman–Crippen MR) is 166 cm³/mol. The monoisotopic (exact) mass is 660 g/mol. The van der Waals surface area contributed by atoms with E-state index in [0.29, 0.717) is 58.0 Å². The van der Waals surface area contributed by atoms with Crippen LogP contribution in [0.2, 0.25) is 0 Å². The summed E-state index contributed by atoms with van der Waals surface area (Å²) in [5.41, 5.74) is -1.13. The molecule has 47 heavy (non-hydrogen) atoms. The van der Waals surface area contributed by atoms with Crippen molar-refractivity contribution in [3.8, 4) is 23.0 Å². The van der Waals surface area contributed by atoms with Gasteiger partial charge in [0.2, 0.25) is 0 Å². The number of nitro benzene ring substituents is 2. The van der Waals surface area contributed by atoms with Crippen LogP contribution in [-0.2, 0) is 0 Å². The first-order valence-electron chi connectivity index (χ1n) is 15.5. The summed E-state index contributed by atoms with van der Waals surface area (Å²) >= 11 is 0. The minimum absolute atomic E-state index is 0.109. The highest BCUT2D eigenvalue weighted by Crippen LogP contribution is 2.38. The van der Waals surface area contributed by atoms with Crippen LogP contribution in [0.4, 0.5) is 11.4 Å². The quantitative estimate of drug-likeness (QED) is 0.151. The van der Waals surface area contributed by atoms with Crippen molar-refractivity contribution in [2.75, 3.05) is 53.7 Å². The van der Waals surface area contributed by atoms with Gasteiger partial charge in [-0.1, -0.05) is 0 Å². The molecule has 16 heteroatoms. The van der Waals surface area contributed by atoms with Crippen LogP contribution in [0.5, 0.6) is 23.0 Å². The van der Waals surface area contributed by atoms with E-state index in [1.165, 1.54) is 48.3 Å². The lowest BCUT2D eigenvalue weighted by Gasteiger charge is -2.23. The predicted octanol–water partition coefficient (Wildman–Crippen LogP) is 3.34. The fourth-order valence-corrected chi connectivity index (χ4v) is 5.93. The second kappa shape index (κ2) is 16.2. The Bertz CT molecular complexity index is 1360. The minimum atomic E-state index is -0.653. The maximum absolute atomic E-state index is 13.1. The lowest BCUT2D eigenvalue weighted by Crippen LogP contribution is -2.37. The van der Waals surface area contributed by atoms with Gasteiger partial charge in [0.05, 0.1) is 74.7 Å². The van der Waals surface area contributed by atoms with Crippen LogP contribution in [-0.4, -0.2) is 107 Å². The number of unbranched alkanes of at least 4 members (excludes halogenated alkanes) is 2. The Labute approximate surface area is 271 Å². The lowest BCUT2D eigenvalue weighted by atomic mass is 10.1. The Balaban J connectivity index is 1.34. The van der Waals surface area contributed by atoms with E-state index in [0.717, 1.165) is 0 Å². The van der Waals surface area contributed by atoms with E-state index in [4.69, 9.17) is 18.9 Å². The number of benzene rings is 2. The minimum Gasteiger partial charge on any atom is -0.493 e. The number of carbonyl (C=O) groups is 2. The number of methoxy groups -OCH3 is 2. The van der Waals surface area contributed by atoms with E-state index in [1.54, 1.807) is 0 Å². The number of rotatable bonds is 16. The molecular formula is C31H40N4O12. The summed E-state index contributed by atoms with van der Waals surface area (Å²) in [5, 5.41) is 42.9. The van der Waals surface area contributed by atoms with E-state index in [1.807, 2.05) is 0 Å². The molecule has 2 atom stereocenters. The third kappa shape index (κ3) is 8.00. The van der Waals surface area contributed by atoms with Gasteiger partial charge < -0.3 is 39.0 Å². The molecule has 4 rings (SSSR count). The molecule has 0 aromatic heterocycles. The van der Waals surface area contributed by atoms with E-state index < -0.39 is 45.1 Å². The van der Waals surface area contributed by atoms with Gasteiger partial charge in [-0.15, -0.1) is 0 Å². The van der Waals surface area contributed by atoms with Crippen molar-refractivity contribution >= 4 is 23.2 Å².